The standard InChI is InChI=1S/C51H30N4S2/c1-3-13-31(14-4-1)49-52-50(32-15-5-2-6-16-32)54-51(53-49)34-25-27-39-46(30-34)56-45-24-12-19-35(47(39)45)33-26-28-44-40(29-33)38-20-11-23-43(48(38)57-44)55-41-21-9-7-17-36(41)37-18-8-10-22-42(37)55/h1-30H. The molecule has 0 fully saturated rings. The van der Waals surface area contributed by atoms with E-state index in [9.17, 15) is 0 Å². The molecule has 0 saturated carbocycles. The van der Waals surface area contributed by atoms with Gasteiger partial charge in [0.25, 0.3) is 0 Å². The van der Waals surface area contributed by atoms with Crippen LogP contribution in [0, 0.1) is 0 Å². The van der Waals surface area contributed by atoms with Crippen LogP contribution in [0.5, 0.6) is 0 Å². The molecule has 0 unspecified atom stereocenters. The second-order valence-electron chi connectivity index (χ2n) is 14.4. The zero-order chi connectivity index (χ0) is 37.5. The summed E-state index contributed by atoms with van der Waals surface area (Å²) in [4.78, 5) is 14.9. The van der Waals surface area contributed by atoms with Crippen molar-refractivity contribution in [1.82, 2.24) is 19.5 Å². The van der Waals surface area contributed by atoms with Crippen LogP contribution >= 0.6 is 22.7 Å². The van der Waals surface area contributed by atoms with E-state index < -0.39 is 0 Å². The SMILES string of the molecule is c1ccc(-c2nc(-c3ccccc3)nc(-c3ccc4c(c3)sc3cccc(-c5ccc6sc7c(-n8c9ccccc9c9ccccc98)cccc7c6c5)c34)n2)cc1. The smallest absolute Gasteiger partial charge is 0.164 e. The molecular weight excluding hydrogens is 733 g/mol. The maximum atomic E-state index is 5.01. The highest BCUT2D eigenvalue weighted by Gasteiger charge is 2.19. The van der Waals surface area contributed by atoms with Crippen molar-refractivity contribution in [2.45, 2.75) is 0 Å². The Hall–Kier alpha value is -6.99. The molecule has 0 spiro atoms. The normalized spacial score (nSPS) is 11.9. The van der Waals surface area contributed by atoms with Gasteiger partial charge in [-0.3, -0.25) is 0 Å². The summed E-state index contributed by atoms with van der Waals surface area (Å²) in [5.41, 5.74) is 9.03. The van der Waals surface area contributed by atoms with Gasteiger partial charge in [-0.05, 0) is 53.6 Å². The third-order valence-electron chi connectivity index (χ3n) is 11.1. The van der Waals surface area contributed by atoms with E-state index in [0.717, 1.165) is 16.7 Å². The Labute approximate surface area is 335 Å². The molecule has 12 aromatic rings. The minimum Gasteiger partial charge on any atom is -0.308 e. The molecule has 0 amide bonds. The van der Waals surface area contributed by atoms with E-state index >= 15 is 0 Å². The van der Waals surface area contributed by atoms with Crippen LogP contribution in [0.3, 0.4) is 0 Å². The van der Waals surface area contributed by atoms with Crippen LogP contribution in [0.15, 0.2) is 182 Å². The van der Waals surface area contributed by atoms with Gasteiger partial charge in [0.2, 0.25) is 0 Å². The van der Waals surface area contributed by atoms with Gasteiger partial charge in [0.1, 0.15) is 0 Å². The number of hydrogen-bond donors (Lipinski definition) is 0. The topological polar surface area (TPSA) is 43.6 Å². The summed E-state index contributed by atoms with van der Waals surface area (Å²) in [5.74, 6) is 1.99. The minimum atomic E-state index is 0.664. The zero-order valence-electron chi connectivity index (χ0n) is 30.4. The van der Waals surface area contributed by atoms with Crippen molar-refractivity contribution >= 4 is 84.8 Å². The van der Waals surface area contributed by atoms with E-state index in [2.05, 4.69) is 126 Å². The Morgan fingerprint density at radius 3 is 1.65 bits per heavy atom. The molecule has 0 aliphatic carbocycles. The van der Waals surface area contributed by atoms with Crippen molar-refractivity contribution < 1.29 is 0 Å². The summed E-state index contributed by atoms with van der Waals surface area (Å²) in [5, 5.41) is 7.63. The van der Waals surface area contributed by atoms with Crippen molar-refractivity contribution in [2.24, 2.45) is 0 Å². The summed E-state index contributed by atoms with van der Waals surface area (Å²) >= 11 is 3.70. The fourth-order valence-electron chi connectivity index (χ4n) is 8.45. The highest BCUT2D eigenvalue weighted by atomic mass is 32.1. The van der Waals surface area contributed by atoms with E-state index in [1.54, 1.807) is 0 Å². The predicted molar refractivity (Wildman–Crippen MR) is 242 cm³/mol. The van der Waals surface area contributed by atoms with Gasteiger partial charge < -0.3 is 4.57 Å². The average molecular weight is 763 g/mol. The number of fused-ring (bicyclic) bond motifs is 9. The lowest BCUT2D eigenvalue weighted by Gasteiger charge is -2.09. The number of aromatic nitrogens is 4. The Kier molecular flexibility index (Phi) is 7.24. The van der Waals surface area contributed by atoms with Gasteiger partial charge in [0.15, 0.2) is 17.5 Å². The molecule has 0 aliphatic heterocycles. The Morgan fingerprint density at radius 1 is 0.351 bits per heavy atom. The van der Waals surface area contributed by atoms with Crippen molar-refractivity contribution in [1.29, 1.82) is 0 Å². The highest BCUT2D eigenvalue weighted by Crippen LogP contribution is 2.45. The van der Waals surface area contributed by atoms with Crippen LogP contribution in [0.25, 0.3) is 113 Å². The number of benzene rings is 8. The van der Waals surface area contributed by atoms with Gasteiger partial charge in [-0.15, -0.1) is 22.7 Å². The highest BCUT2D eigenvalue weighted by molar-refractivity contribution is 7.26. The van der Waals surface area contributed by atoms with E-state index in [4.69, 9.17) is 15.0 Å². The molecule has 8 aromatic carbocycles. The third-order valence-corrected chi connectivity index (χ3v) is 13.4. The van der Waals surface area contributed by atoms with Crippen molar-refractivity contribution in [3.63, 3.8) is 0 Å². The Balaban J connectivity index is 0.993. The largest absolute Gasteiger partial charge is 0.308 e. The minimum absolute atomic E-state index is 0.664. The monoisotopic (exact) mass is 762 g/mol. The molecule has 0 N–H and O–H groups in total. The number of rotatable bonds is 5. The second kappa shape index (κ2) is 12.8. The first-order valence-electron chi connectivity index (χ1n) is 19.0. The predicted octanol–water partition coefficient (Wildman–Crippen LogP) is 14.4. The maximum absolute atomic E-state index is 5.01. The lowest BCUT2D eigenvalue weighted by molar-refractivity contribution is 1.07. The first kappa shape index (κ1) is 32.3. The molecule has 0 bridgehead atoms. The van der Waals surface area contributed by atoms with Gasteiger partial charge in [0, 0.05) is 63.1 Å². The lowest BCUT2D eigenvalue weighted by atomic mass is 9.97. The van der Waals surface area contributed by atoms with Crippen molar-refractivity contribution in [2.75, 3.05) is 0 Å². The Bertz CT molecular complexity index is 3410. The van der Waals surface area contributed by atoms with E-state index in [-0.39, 0.29) is 0 Å². The molecule has 57 heavy (non-hydrogen) atoms. The summed E-state index contributed by atoms with van der Waals surface area (Å²) in [6.07, 6.45) is 0. The van der Waals surface area contributed by atoms with Crippen LogP contribution in [0.1, 0.15) is 0 Å². The number of thiophene rings is 2. The lowest BCUT2D eigenvalue weighted by Crippen LogP contribution is -1.99. The molecule has 6 heteroatoms. The zero-order valence-corrected chi connectivity index (χ0v) is 32.1. The molecule has 4 heterocycles. The summed E-state index contributed by atoms with van der Waals surface area (Å²) in [7, 11) is 0. The number of hydrogen-bond acceptors (Lipinski definition) is 5. The van der Waals surface area contributed by atoms with E-state index in [1.807, 2.05) is 83.3 Å². The summed E-state index contributed by atoms with van der Waals surface area (Å²) in [6, 6.07) is 64.9. The molecular formula is C51H30N4S2. The van der Waals surface area contributed by atoms with Gasteiger partial charge in [-0.1, -0.05) is 140 Å². The summed E-state index contributed by atoms with van der Waals surface area (Å²) < 4.78 is 7.49. The van der Waals surface area contributed by atoms with Crippen LogP contribution in [-0.4, -0.2) is 19.5 Å². The molecule has 0 atom stereocenters. The fourth-order valence-corrected chi connectivity index (χ4v) is 10.8. The molecule has 0 saturated heterocycles. The molecule has 4 nitrogen and oxygen atoms in total. The van der Waals surface area contributed by atoms with Crippen molar-refractivity contribution in [3.8, 4) is 51.0 Å². The second-order valence-corrected chi connectivity index (χ2v) is 16.5. The van der Waals surface area contributed by atoms with Crippen LogP contribution in [0.2, 0.25) is 0 Å². The Morgan fingerprint density at radius 2 is 0.947 bits per heavy atom. The van der Waals surface area contributed by atoms with E-state index in [1.165, 1.54) is 79.0 Å². The van der Waals surface area contributed by atoms with Gasteiger partial charge in [0.05, 0.1) is 21.4 Å². The average Bonchev–Trinajstić information content (AvgIpc) is 3.96. The number of para-hydroxylation sites is 2. The first-order chi connectivity index (χ1) is 28.2. The third kappa shape index (κ3) is 5.15. The summed E-state index contributed by atoms with van der Waals surface area (Å²) in [6.45, 7) is 0. The molecule has 12 rings (SSSR count). The fraction of sp³-hybridized carbons (Fsp3) is 0. The van der Waals surface area contributed by atoms with Gasteiger partial charge >= 0.3 is 0 Å². The molecule has 266 valence electrons. The number of nitrogens with zero attached hydrogens (tertiary/aromatic N) is 4. The van der Waals surface area contributed by atoms with Gasteiger partial charge in [-0.2, -0.15) is 0 Å². The van der Waals surface area contributed by atoms with Crippen LogP contribution in [-0.2, 0) is 0 Å². The molecule has 0 aliphatic rings. The van der Waals surface area contributed by atoms with Gasteiger partial charge in [-0.25, -0.2) is 15.0 Å². The van der Waals surface area contributed by atoms with Crippen LogP contribution < -0.4 is 0 Å². The van der Waals surface area contributed by atoms with E-state index in [0.29, 0.717) is 17.5 Å². The van der Waals surface area contributed by atoms with Crippen molar-refractivity contribution in [3.05, 3.63) is 182 Å². The molecule has 4 aromatic heterocycles. The quantitative estimate of drug-likeness (QED) is 0.175. The molecule has 0 radical (unpaired) electrons. The maximum Gasteiger partial charge on any atom is 0.164 e. The first-order valence-corrected chi connectivity index (χ1v) is 20.7. The van der Waals surface area contributed by atoms with Crippen LogP contribution in [0.4, 0.5) is 0 Å².